The van der Waals surface area contributed by atoms with Crippen LogP contribution < -0.4 is 4.90 Å². The second-order valence-corrected chi connectivity index (χ2v) is 10.0. The van der Waals surface area contributed by atoms with Crippen molar-refractivity contribution < 1.29 is 13.2 Å². The zero-order valence-electron chi connectivity index (χ0n) is 15.0. The molecule has 4 nitrogen and oxygen atoms in total. The Bertz CT molecular complexity index is 903. The number of hydrogen-bond donors (Lipinski definition) is 0. The number of sulfone groups is 1. The highest BCUT2D eigenvalue weighted by Crippen LogP contribution is 2.30. The van der Waals surface area contributed by atoms with Crippen LogP contribution in [0.15, 0.2) is 51.8 Å². The minimum absolute atomic E-state index is 0.128. The monoisotopic (exact) mass is 423 g/mol. The predicted octanol–water partition coefficient (Wildman–Crippen LogP) is 4.28. The van der Waals surface area contributed by atoms with Gasteiger partial charge in [-0.2, -0.15) is 0 Å². The van der Waals surface area contributed by atoms with E-state index in [9.17, 15) is 13.2 Å². The highest BCUT2D eigenvalue weighted by atomic mass is 79.9. The van der Waals surface area contributed by atoms with E-state index in [1.54, 1.807) is 19.2 Å². The van der Waals surface area contributed by atoms with E-state index in [1.807, 2.05) is 32.0 Å². The van der Waals surface area contributed by atoms with Gasteiger partial charge in [0.2, 0.25) is 5.91 Å². The highest BCUT2D eigenvalue weighted by molar-refractivity contribution is 9.10. The molecule has 0 fully saturated rings. The van der Waals surface area contributed by atoms with Crippen LogP contribution in [0.5, 0.6) is 0 Å². The standard InChI is InChI=1S/C19H22BrNO3S/c1-13-6-11-17(14(2)12-13)21(5)18(22)19(3,4)25(23,24)16-9-7-15(20)8-10-16/h6-12H,1-5H3. The molecule has 0 aliphatic carbocycles. The van der Waals surface area contributed by atoms with E-state index >= 15 is 0 Å². The predicted molar refractivity (Wildman–Crippen MR) is 105 cm³/mol. The highest BCUT2D eigenvalue weighted by Gasteiger charge is 2.44. The van der Waals surface area contributed by atoms with Gasteiger partial charge in [0.05, 0.1) is 4.90 Å². The van der Waals surface area contributed by atoms with Crippen LogP contribution >= 0.6 is 15.9 Å². The lowest BCUT2D eigenvalue weighted by molar-refractivity contribution is -0.120. The molecule has 134 valence electrons. The second-order valence-electron chi connectivity index (χ2n) is 6.62. The van der Waals surface area contributed by atoms with E-state index < -0.39 is 20.5 Å². The smallest absolute Gasteiger partial charge is 0.248 e. The van der Waals surface area contributed by atoms with Crippen molar-refractivity contribution in [2.24, 2.45) is 0 Å². The lowest BCUT2D eigenvalue weighted by Gasteiger charge is -2.30. The van der Waals surface area contributed by atoms with Crippen LogP contribution in [0.2, 0.25) is 0 Å². The Balaban J connectivity index is 2.43. The molecule has 0 N–H and O–H groups in total. The maximum absolute atomic E-state index is 13.0. The van der Waals surface area contributed by atoms with Crippen LogP contribution in [-0.2, 0) is 14.6 Å². The molecule has 0 aromatic heterocycles. The summed E-state index contributed by atoms with van der Waals surface area (Å²) in [6, 6.07) is 12.0. The fraction of sp³-hybridized carbons (Fsp3) is 0.316. The SMILES string of the molecule is Cc1ccc(N(C)C(=O)C(C)(C)S(=O)(=O)c2ccc(Br)cc2)c(C)c1. The van der Waals surface area contributed by atoms with Gasteiger partial charge in [0.1, 0.15) is 4.75 Å². The summed E-state index contributed by atoms with van der Waals surface area (Å²) in [5.41, 5.74) is 2.71. The van der Waals surface area contributed by atoms with Gasteiger partial charge < -0.3 is 4.90 Å². The number of benzene rings is 2. The Morgan fingerprint density at radius 1 is 1.04 bits per heavy atom. The third-order valence-corrected chi connectivity index (χ3v) is 7.27. The molecule has 6 heteroatoms. The van der Waals surface area contributed by atoms with E-state index in [4.69, 9.17) is 0 Å². The van der Waals surface area contributed by atoms with Crippen molar-refractivity contribution >= 4 is 37.4 Å². The molecule has 0 bridgehead atoms. The van der Waals surface area contributed by atoms with Crippen molar-refractivity contribution in [1.29, 1.82) is 0 Å². The zero-order chi connectivity index (χ0) is 19.0. The first-order valence-corrected chi connectivity index (χ1v) is 10.1. The summed E-state index contributed by atoms with van der Waals surface area (Å²) >= 11 is 3.29. The molecule has 2 aromatic rings. The van der Waals surface area contributed by atoms with Gasteiger partial charge in [0.15, 0.2) is 9.84 Å². The molecule has 0 aliphatic heterocycles. The molecular formula is C19H22BrNO3S. The van der Waals surface area contributed by atoms with E-state index in [2.05, 4.69) is 15.9 Å². The maximum atomic E-state index is 13.0. The first kappa shape index (κ1) is 19.7. The van der Waals surface area contributed by atoms with Gasteiger partial charge >= 0.3 is 0 Å². The van der Waals surface area contributed by atoms with Crippen LogP contribution in [0.25, 0.3) is 0 Å². The molecule has 0 saturated heterocycles. The van der Waals surface area contributed by atoms with Crippen molar-refractivity contribution in [3.05, 3.63) is 58.1 Å². The number of amides is 1. The summed E-state index contributed by atoms with van der Waals surface area (Å²) in [4.78, 5) is 14.6. The van der Waals surface area contributed by atoms with Crippen LogP contribution in [0, 0.1) is 13.8 Å². The first-order chi connectivity index (χ1) is 11.5. The molecule has 1 amide bonds. The van der Waals surface area contributed by atoms with Gasteiger partial charge in [-0.15, -0.1) is 0 Å². The minimum atomic E-state index is -3.84. The van der Waals surface area contributed by atoms with Crippen molar-refractivity contribution in [3.8, 4) is 0 Å². The molecule has 25 heavy (non-hydrogen) atoms. The Morgan fingerprint density at radius 2 is 1.60 bits per heavy atom. The molecule has 0 atom stereocenters. The van der Waals surface area contributed by atoms with Crippen molar-refractivity contribution in [2.75, 3.05) is 11.9 Å². The average molecular weight is 424 g/mol. The summed E-state index contributed by atoms with van der Waals surface area (Å²) in [5.74, 6) is -0.470. The molecular weight excluding hydrogens is 402 g/mol. The fourth-order valence-corrected chi connectivity index (χ4v) is 4.43. The van der Waals surface area contributed by atoms with Gasteiger partial charge in [-0.05, 0) is 63.6 Å². The molecule has 2 rings (SSSR count). The number of aryl methyl sites for hydroxylation is 2. The van der Waals surface area contributed by atoms with Crippen LogP contribution in [0.3, 0.4) is 0 Å². The van der Waals surface area contributed by atoms with Gasteiger partial charge in [0, 0.05) is 17.2 Å². The largest absolute Gasteiger partial charge is 0.314 e. The third-order valence-electron chi connectivity index (χ3n) is 4.33. The number of halogens is 1. The van der Waals surface area contributed by atoms with Crippen LogP contribution in [0.4, 0.5) is 5.69 Å². The summed E-state index contributed by atoms with van der Waals surface area (Å²) < 4.78 is 25.2. The lowest BCUT2D eigenvalue weighted by Crippen LogP contribution is -2.49. The van der Waals surface area contributed by atoms with Crippen molar-refractivity contribution in [1.82, 2.24) is 0 Å². The Kier molecular flexibility index (Phi) is 5.44. The van der Waals surface area contributed by atoms with Gasteiger partial charge in [-0.3, -0.25) is 4.79 Å². The van der Waals surface area contributed by atoms with Crippen molar-refractivity contribution in [3.63, 3.8) is 0 Å². The number of nitrogens with zero attached hydrogens (tertiary/aromatic N) is 1. The number of carbonyl (C=O) groups excluding carboxylic acids is 1. The maximum Gasteiger partial charge on any atom is 0.248 e. The molecule has 2 aromatic carbocycles. The summed E-state index contributed by atoms with van der Waals surface area (Å²) in [7, 11) is -2.23. The molecule has 0 unspecified atom stereocenters. The van der Waals surface area contributed by atoms with Gasteiger partial charge in [-0.25, -0.2) is 8.42 Å². The summed E-state index contributed by atoms with van der Waals surface area (Å²) in [5, 5.41) is 0. The van der Waals surface area contributed by atoms with E-state index in [0.29, 0.717) is 5.69 Å². The molecule has 0 saturated carbocycles. The van der Waals surface area contributed by atoms with E-state index in [-0.39, 0.29) is 4.90 Å². The quantitative estimate of drug-likeness (QED) is 0.736. The number of rotatable bonds is 4. The molecule has 0 spiro atoms. The second kappa shape index (κ2) is 6.92. The van der Waals surface area contributed by atoms with Gasteiger partial charge in [0.25, 0.3) is 0 Å². The molecule has 0 radical (unpaired) electrons. The zero-order valence-corrected chi connectivity index (χ0v) is 17.4. The number of anilines is 1. The fourth-order valence-electron chi connectivity index (χ4n) is 2.72. The van der Waals surface area contributed by atoms with E-state index in [1.165, 1.54) is 30.9 Å². The van der Waals surface area contributed by atoms with E-state index in [0.717, 1.165) is 15.6 Å². The normalized spacial score (nSPS) is 12.1. The Labute approximate surface area is 157 Å². The number of hydrogen-bond acceptors (Lipinski definition) is 3. The first-order valence-electron chi connectivity index (χ1n) is 7.84. The molecule has 0 aliphatic rings. The molecule has 0 heterocycles. The van der Waals surface area contributed by atoms with Crippen LogP contribution in [-0.4, -0.2) is 26.1 Å². The summed E-state index contributed by atoms with van der Waals surface area (Å²) in [6.45, 7) is 6.78. The Morgan fingerprint density at radius 3 is 2.12 bits per heavy atom. The van der Waals surface area contributed by atoms with Crippen molar-refractivity contribution in [2.45, 2.75) is 37.3 Å². The lowest BCUT2D eigenvalue weighted by atomic mass is 10.1. The van der Waals surface area contributed by atoms with Crippen LogP contribution in [0.1, 0.15) is 25.0 Å². The summed E-state index contributed by atoms with van der Waals surface area (Å²) in [6.07, 6.45) is 0. The number of carbonyl (C=O) groups is 1. The Hall–Kier alpha value is -1.66. The minimum Gasteiger partial charge on any atom is -0.314 e. The topological polar surface area (TPSA) is 54.5 Å². The van der Waals surface area contributed by atoms with Gasteiger partial charge in [-0.1, -0.05) is 33.6 Å². The third kappa shape index (κ3) is 3.65. The average Bonchev–Trinajstić information content (AvgIpc) is 2.53.